The molecule has 0 unspecified atom stereocenters. The number of hydrogen-bond donors (Lipinski definition) is 1. The lowest BCUT2D eigenvalue weighted by atomic mass is 10.0. The highest BCUT2D eigenvalue weighted by Gasteiger charge is 2.09. The van der Waals surface area contributed by atoms with Crippen LogP contribution in [0, 0.1) is 13.8 Å². The van der Waals surface area contributed by atoms with Crippen molar-refractivity contribution >= 4 is 11.6 Å². The zero-order chi connectivity index (χ0) is 17.6. The number of anilines is 1. The van der Waals surface area contributed by atoms with Crippen LogP contribution in [0.3, 0.4) is 0 Å². The highest BCUT2D eigenvalue weighted by atomic mass is 16.5. The zero-order valence-corrected chi connectivity index (χ0v) is 14.5. The molecule has 3 nitrogen and oxygen atoms in total. The van der Waals surface area contributed by atoms with E-state index in [0.29, 0.717) is 0 Å². The van der Waals surface area contributed by atoms with E-state index in [0.717, 1.165) is 28.1 Å². The van der Waals surface area contributed by atoms with E-state index in [-0.39, 0.29) is 12.5 Å². The van der Waals surface area contributed by atoms with Gasteiger partial charge in [-0.3, -0.25) is 4.79 Å². The molecular formula is C22H21NO2. The van der Waals surface area contributed by atoms with E-state index >= 15 is 0 Å². The molecule has 0 aromatic heterocycles. The lowest BCUT2D eigenvalue weighted by Crippen LogP contribution is -2.20. The Morgan fingerprint density at radius 1 is 0.920 bits per heavy atom. The fourth-order valence-electron chi connectivity index (χ4n) is 2.75. The van der Waals surface area contributed by atoms with E-state index in [1.807, 2.05) is 86.6 Å². The third kappa shape index (κ3) is 4.27. The molecule has 0 heterocycles. The molecule has 25 heavy (non-hydrogen) atoms. The first-order valence-corrected chi connectivity index (χ1v) is 8.28. The number of rotatable bonds is 5. The molecule has 0 saturated heterocycles. The molecule has 0 saturated carbocycles. The Morgan fingerprint density at radius 2 is 1.64 bits per heavy atom. The van der Waals surface area contributed by atoms with E-state index < -0.39 is 0 Å². The predicted molar refractivity (Wildman–Crippen MR) is 102 cm³/mol. The number of nitrogens with one attached hydrogen (secondary N) is 1. The lowest BCUT2D eigenvalue weighted by molar-refractivity contribution is -0.118. The second-order valence-electron chi connectivity index (χ2n) is 6.02. The van der Waals surface area contributed by atoms with Crippen molar-refractivity contribution in [2.75, 3.05) is 11.9 Å². The largest absolute Gasteiger partial charge is 0.483 e. The van der Waals surface area contributed by atoms with Crippen molar-refractivity contribution in [3.63, 3.8) is 0 Å². The molecule has 0 aliphatic carbocycles. The van der Waals surface area contributed by atoms with Crippen molar-refractivity contribution < 1.29 is 9.53 Å². The van der Waals surface area contributed by atoms with Gasteiger partial charge in [0.1, 0.15) is 5.75 Å². The number of ether oxygens (including phenoxy) is 1. The lowest BCUT2D eigenvalue weighted by Gasteiger charge is -2.13. The predicted octanol–water partition coefficient (Wildman–Crippen LogP) is 4.99. The van der Waals surface area contributed by atoms with E-state index in [1.54, 1.807) is 0 Å². The van der Waals surface area contributed by atoms with Crippen molar-refractivity contribution in [2.45, 2.75) is 13.8 Å². The van der Waals surface area contributed by atoms with E-state index in [2.05, 4.69) is 5.32 Å². The van der Waals surface area contributed by atoms with Gasteiger partial charge in [-0.05, 0) is 37.1 Å². The van der Waals surface area contributed by atoms with Crippen molar-refractivity contribution in [3.8, 4) is 16.9 Å². The number of carbonyl (C=O) groups is 1. The van der Waals surface area contributed by atoms with Gasteiger partial charge in [0.2, 0.25) is 0 Å². The van der Waals surface area contributed by atoms with Crippen molar-refractivity contribution in [2.24, 2.45) is 0 Å². The maximum Gasteiger partial charge on any atom is 0.262 e. The Labute approximate surface area is 148 Å². The molecule has 3 rings (SSSR count). The SMILES string of the molecule is Cc1ccc(OCC(=O)Nc2ccccc2-c2ccccc2)c(C)c1. The van der Waals surface area contributed by atoms with Crippen LogP contribution in [0.2, 0.25) is 0 Å². The maximum absolute atomic E-state index is 12.3. The topological polar surface area (TPSA) is 38.3 Å². The van der Waals surface area contributed by atoms with Crippen molar-refractivity contribution in [1.82, 2.24) is 0 Å². The minimum absolute atomic E-state index is 0.0208. The van der Waals surface area contributed by atoms with Crippen LogP contribution in [0.15, 0.2) is 72.8 Å². The Kier molecular flexibility index (Phi) is 5.14. The first-order valence-electron chi connectivity index (χ1n) is 8.28. The number of para-hydroxylation sites is 1. The van der Waals surface area contributed by atoms with Gasteiger partial charge >= 0.3 is 0 Å². The van der Waals surface area contributed by atoms with Crippen LogP contribution in [0.4, 0.5) is 5.69 Å². The molecule has 0 aliphatic heterocycles. The summed E-state index contributed by atoms with van der Waals surface area (Å²) in [4.78, 5) is 12.3. The standard InChI is InChI=1S/C22H21NO2/c1-16-12-13-21(17(2)14-16)25-15-22(24)23-20-11-7-6-10-19(20)18-8-4-3-5-9-18/h3-14H,15H2,1-2H3,(H,23,24). The van der Waals surface area contributed by atoms with Gasteiger partial charge in [0, 0.05) is 11.3 Å². The monoisotopic (exact) mass is 331 g/mol. The molecule has 3 heteroatoms. The third-order valence-corrected chi connectivity index (χ3v) is 3.98. The summed E-state index contributed by atoms with van der Waals surface area (Å²) in [5, 5.41) is 2.95. The van der Waals surface area contributed by atoms with Gasteiger partial charge in [-0.1, -0.05) is 66.2 Å². The summed E-state index contributed by atoms with van der Waals surface area (Å²) in [6.07, 6.45) is 0. The van der Waals surface area contributed by atoms with E-state index in [1.165, 1.54) is 5.56 Å². The Morgan fingerprint density at radius 3 is 2.40 bits per heavy atom. The number of aryl methyl sites for hydroxylation is 2. The molecule has 0 radical (unpaired) electrons. The minimum atomic E-state index is -0.177. The van der Waals surface area contributed by atoms with Crippen LogP contribution >= 0.6 is 0 Å². The number of benzene rings is 3. The van der Waals surface area contributed by atoms with Crippen molar-refractivity contribution in [1.29, 1.82) is 0 Å². The van der Waals surface area contributed by atoms with Gasteiger partial charge in [-0.2, -0.15) is 0 Å². The molecule has 0 fully saturated rings. The summed E-state index contributed by atoms with van der Waals surface area (Å²) < 4.78 is 5.66. The molecule has 3 aromatic rings. The summed E-state index contributed by atoms with van der Waals surface area (Å²) in [7, 11) is 0. The normalized spacial score (nSPS) is 10.3. The molecule has 0 bridgehead atoms. The van der Waals surface area contributed by atoms with Gasteiger partial charge in [-0.25, -0.2) is 0 Å². The Hall–Kier alpha value is -3.07. The first kappa shape index (κ1) is 16.8. The van der Waals surface area contributed by atoms with Crippen molar-refractivity contribution in [3.05, 3.63) is 83.9 Å². The Balaban J connectivity index is 1.69. The number of carbonyl (C=O) groups excluding carboxylic acids is 1. The molecule has 0 atom stereocenters. The highest BCUT2D eigenvalue weighted by molar-refractivity contribution is 5.96. The van der Waals surface area contributed by atoms with Gasteiger partial charge in [0.05, 0.1) is 0 Å². The summed E-state index contributed by atoms with van der Waals surface area (Å²) >= 11 is 0. The number of amides is 1. The molecule has 1 N–H and O–H groups in total. The van der Waals surface area contributed by atoms with Gasteiger partial charge in [0.15, 0.2) is 6.61 Å². The summed E-state index contributed by atoms with van der Waals surface area (Å²) in [5.74, 6) is 0.556. The zero-order valence-electron chi connectivity index (χ0n) is 14.5. The second kappa shape index (κ2) is 7.67. The van der Waals surface area contributed by atoms with Crippen LogP contribution in [0.25, 0.3) is 11.1 Å². The summed E-state index contributed by atoms with van der Waals surface area (Å²) in [5.41, 5.74) is 5.03. The fourth-order valence-corrected chi connectivity index (χ4v) is 2.75. The van der Waals surface area contributed by atoms with E-state index in [9.17, 15) is 4.79 Å². The number of hydrogen-bond acceptors (Lipinski definition) is 2. The molecule has 1 amide bonds. The maximum atomic E-state index is 12.3. The average molecular weight is 331 g/mol. The van der Waals surface area contributed by atoms with Crippen LogP contribution in [0.1, 0.15) is 11.1 Å². The summed E-state index contributed by atoms with van der Waals surface area (Å²) in [6, 6.07) is 23.7. The van der Waals surface area contributed by atoms with Gasteiger partial charge in [0.25, 0.3) is 5.91 Å². The summed E-state index contributed by atoms with van der Waals surface area (Å²) in [6.45, 7) is 3.99. The smallest absolute Gasteiger partial charge is 0.262 e. The first-order chi connectivity index (χ1) is 12.1. The minimum Gasteiger partial charge on any atom is -0.483 e. The highest BCUT2D eigenvalue weighted by Crippen LogP contribution is 2.27. The van der Waals surface area contributed by atoms with Crippen LogP contribution in [-0.4, -0.2) is 12.5 Å². The molecule has 126 valence electrons. The van der Waals surface area contributed by atoms with Crippen LogP contribution in [0.5, 0.6) is 5.75 Å². The quantitative estimate of drug-likeness (QED) is 0.715. The van der Waals surface area contributed by atoms with E-state index in [4.69, 9.17) is 4.74 Å². The van der Waals surface area contributed by atoms with Gasteiger partial charge < -0.3 is 10.1 Å². The fraction of sp³-hybridized carbons (Fsp3) is 0.136. The molecule has 0 spiro atoms. The average Bonchev–Trinajstić information content (AvgIpc) is 2.62. The Bertz CT molecular complexity index is 872. The molecular weight excluding hydrogens is 310 g/mol. The van der Waals surface area contributed by atoms with Crippen LogP contribution < -0.4 is 10.1 Å². The molecule has 0 aliphatic rings. The van der Waals surface area contributed by atoms with Gasteiger partial charge in [-0.15, -0.1) is 0 Å². The molecule has 3 aromatic carbocycles. The second-order valence-corrected chi connectivity index (χ2v) is 6.02. The third-order valence-electron chi connectivity index (χ3n) is 3.98. The van der Waals surface area contributed by atoms with Crippen LogP contribution in [-0.2, 0) is 4.79 Å².